The summed E-state index contributed by atoms with van der Waals surface area (Å²) in [6.07, 6.45) is 5.03. The number of rotatable bonds is 13. The summed E-state index contributed by atoms with van der Waals surface area (Å²) < 4.78 is 21.2. The fourth-order valence-corrected chi connectivity index (χ4v) is 5.01. The Morgan fingerprint density at radius 3 is 2.54 bits per heavy atom. The van der Waals surface area contributed by atoms with Crippen LogP contribution in [0.1, 0.15) is 31.2 Å². The van der Waals surface area contributed by atoms with Crippen molar-refractivity contribution in [3.8, 4) is 0 Å². The molecule has 0 saturated carbocycles. The third kappa shape index (κ3) is 7.66. The van der Waals surface area contributed by atoms with Gasteiger partial charge in [-0.1, -0.05) is 42.9 Å². The molecule has 0 radical (unpaired) electrons. The summed E-state index contributed by atoms with van der Waals surface area (Å²) >= 11 is 6.60. The highest BCUT2D eigenvalue weighted by molar-refractivity contribution is 9.09. The summed E-state index contributed by atoms with van der Waals surface area (Å²) in [4.78, 5) is 14.7. The molecular weight excluding hydrogens is 519 g/mol. The smallest absolute Gasteiger partial charge is 0.390 e. The fraction of sp³-hybridized carbons (Fsp3) is 0.667. The van der Waals surface area contributed by atoms with E-state index in [2.05, 4.69) is 36.8 Å². The molecule has 1 heterocycles. The fourth-order valence-electron chi connectivity index (χ4n) is 2.38. The zero-order valence-electron chi connectivity index (χ0n) is 16.0. The first kappa shape index (κ1) is 25.4. The maximum atomic E-state index is 12.8. The van der Waals surface area contributed by atoms with E-state index in [-0.39, 0.29) is 18.6 Å². The quantitative estimate of drug-likeness (QED) is 0.166. The monoisotopic (exact) mass is 544 g/mol. The van der Waals surface area contributed by atoms with Crippen molar-refractivity contribution in [2.24, 2.45) is 18.3 Å². The summed E-state index contributed by atoms with van der Waals surface area (Å²) in [6.45, 7) is 2.62. The van der Waals surface area contributed by atoms with Gasteiger partial charge in [0.15, 0.2) is 5.69 Å². The molecule has 0 bridgehead atoms. The number of nitro groups is 1. The Kier molecular flexibility index (Phi) is 11.0. The molecule has 0 fully saturated rings. The number of nitrogens with two attached hydrogens (primary N) is 2. The number of allylic oxidation sites excluding steroid dienone is 1. The minimum Gasteiger partial charge on any atom is -0.390 e. The normalized spacial score (nSPS) is 15.2. The highest BCUT2D eigenvalue weighted by Gasteiger charge is 2.30. The number of aromatic nitrogens is 2. The lowest BCUT2D eigenvalue weighted by molar-refractivity contribution is -0.396. The maximum Gasteiger partial charge on any atom is 0.435 e. The molecule has 2 atom stereocenters. The Morgan fingerprint density at radius 1 is 1.43 bits per heavy atom. The van der Waals surface area contributed by atoms with Gasteiger partial charge in [-0.3, -0.25) is 9.09 Å². The second-order valence-corrected chi connectivity index (χ2v) is 9.72. The van der Waals surface area contributed by atoms with Gasteiger partial charge < -0.3 is 15.8 Å². The van der Waals surface area contributed by atoms with Crippen LogP contribution in [-0.4, -0.2) is 48.9 Å². The van der Waals surface area contributed by atoms with Crippen LogP contribution in [0.2, 0.25) is 0 Å². The van der Waals surface area contributed by atoms with Crippen molar-refractivity contribution < 1.29 is 14.0 Å². The number of hydrogen-bond acceptors (Lipinski definition) is 6. The predicted molar refractivity (Wildman–Crippen MR) is 118 cm³/mol. The number of imidazole rings is 1. The van der Waals surface area contributed by atoms with Gasteiger partial charge >= 0.3 is 13.6 Å². The largest absolute Gasteiger partial charge is 0.435 e. The maximum absolute atomic E-state index is 12.8. The zero-order chi connectivity index (χ0) is 21.3. The summed E-state index contributed by atoms with van der Waals surface area (Å²) in [6, 6.07) is 0.0588. The van der Waals surface area contributed by atoms with Crippen molar-refractivity contribution >= 4 is 51.6 Å². The van der Waals surface area contributed by atoms with Gasteiger partial charge in [-0.05, 0) is 30.8 Å². The van der Waals surface area contributed by atoms with E-state index in [1.165, 1.54) is 11.6 Å². The van der Waals surface area contributed by atoms with Crippen molar-refractivity contribution in [2.45, 2.75) is 32.4 Å². The SMILES string of the molecule is CC(N)CC/C=C/c1nc([N+](=O)[O-])n(C)c1COP(N)(=O)N(CCBr)CCBr. The topological polar surface area (TPSA) is 143 Å². The second-order valence-electron chi connectivity index (χ2n) is 6.19. The highest BCUT2D eigenvalue weighted by atomic mass is 79.9. The van der Waals surface area contributed by atoms with Gasteiger partial charge in [0, 0.05) is 29.8 Å². The lowest BCUT2D eigenvalue weighted by atomic mass is 10.2. The Labute approximate surface area is 181 Å². The van der Waals surface area contributed by atoms with E-state index < -0.39 is 12.6 Å². The lowest BCUT2D eigenvalue weighted by Crippen LogP contribution is -2.29. The van der Waals surface area contributed by atoms with Crippen molar-refractivity contribution in [1.29, 1.82) is 0 Å². The standard InChI is InChI=1S/C15H27Br2N6O4P/c1-12(18)5-3-4-6-13-14(21(2)15(20-13)23(24)25)11-27-28(19,26)22(9-7-16)10-8-17/h4,6,12H,3,5,7-11,18H2,1-2H3,(H2,19,26)/b6-4+. The van der Waals surface area contributed by atoms with Crippen molar-refractivity contribution in [2.75, 3.05) is 23.7 Å². The van der Waals surface area contributed by atoms with Crippen LogP contribution in [0, 0.1) is 10.1 Å². The molecular formula is C15H27Br2N6O4P. The van der Waals surface area contributed by atoms with Crippen LogP contribution in [-0.2, 0) is 22.7 Å². The molecule has 13 heteroatoms. The molecule has 1 rings (SSSR count). The summed E-state index contributed by atoms with van der Waals surface area (Å²) in [5.41, 5.74) is 12.5. The minimum atomic E-state index is -3.58. The van der Waals surface area contributed by atoms with Crippen LogP contribution in [0.5, 0.6) is 0 Å². The van der Waals surface area contributed by atoms with Crippen molar-refractivity contribution in [3.63, 3.8) is 0 Å². The van der Waals surface area contributed by atoms with E-state index in [0.717, 1.165) is 6.42 Å². The summed E-state index contributed by atoms with van der Waals surface area (Å²) in [5.74, 6) is -0.324. The molecule has 0 spiro atoms. The molecule has 4 N–H and O–H groups in total. The van der Waals surface area contributed by atoms with Crippen molar-refractivity contribution in [1.82, 2.24) is 14.2 Å². The van der Waals surface area contributed by atoms with E-state index in [9.17, 15) is 14.7 Å². The van der Waals surface area contributed by atoms with E-state index >= 15 is 0 Å². The minimum absolute atomic E-state index is 0.0588. The molecule has 0 aliphatic heterocycles. The third-order valence-electron chi connectivity index (χ3n) is 3.91. The number of hydrogen-bond donors (Lipinski definition) is 2. The van der Waals surface area contributed by atoms with Crippen LogP contribution in [0.15, 0.2) is 6.08 Å². The van der Waals surface area contributed by atoms with Crippen LogP contribution in [0.4, 0.5) is 5.95 Å². The van der Waals surface area contributed by atoms with Gasteiger partial charge in [0.1, 0.15) is 12.3 Å². The average molecular weight is 546 g/mol. The van der Waals surface area contributed by atoms with Gasteiger partial charge in [-0.25, -0.2) is 14.7 Å². The molecule has 0 aliphatic carbocycles. The Bertz CT molecular complexity index is 722. The third-order valence-corrected chi connectivity index (χ3v) is 6.31. The zero-order valence-corrected chi connectivity index (χ0v) is 20.0. The molecule has 1 aromatic heterocycles. The van der Waals surface area contributed by atoms with Crippen LogP contribution >= 0.6 is 39.5 Å². The Hall–Kier alpha value is -0.620. The highest BCUT2D eigenvalue weighted by Crippen LogP contribution is 2.43. The van der Waals surface area contributed by atoms with Gasteiger partial charge in [0.2, 0.25) is 0 Å². The molecule has 160 valence electrons. The summed E-state index contributed by atoms with van der Waals surface area (Å²) in [5, 5.41) is 12.4. The number of halogens is 2. The van der Waals surface area contributed by atoms with E-state index in [4.69, 9.17) is 15.8 Å². The van der Waals surface area contributed by atoms with Gasteiger partial charge in [-0.2, -0.15) is 0 Å². The average Bonchev–Trinajstić information content (AvgIpc) is 2.92. The first-order valence-corrected chi connectivity index (χ1v) is 12.6. The molecule has 0 aromatic carbocycles. The van der Waals surface area contributed by atoms with E-state index in [0.29, 0.717) is 41.6 Å². The Balaban J connectivity index is 3.04. The molecule has 1 aromatic rings. The number of alkyl halides is 2. The predicted octanol–water partition coefficient (Wildman–Crippen LogP) is 3.14. The van der Waals surface area contributed by atoms with E-state index in [1.54, 1.807) is 10.7 Å². The lowest BCUT2D eigenvalue weighted by Gasteiger charge is -2.26. The van der Waals surface area contributed by atoms with E-state index in [1.807, 2.05) is 13.0 Å². The van der Waals surface area contributed by atoms with Crippen molar-refractivity contribution in [3.05, 3.63) is 27.6 Å². The summed E-state index contributed by atoms with van der Waals surface area (Å²) in [7, 11) is -2.07. The molecule has 2 unspecified atom stereocenters. The van der Waals surface area contributed by atoms with Gasteiger partial charge in [-0.15, -0.1) is 0 Å². The van der Waals surface area contributed by atoms with Gasteiger partial charge in [0.25, 0.3) is 0 Å². The number of nitrogens with zero attached hydrogens (tertiary/aromatic N) is 4. The molecule has 28 heavy (non-hydrogen) atoms. The van der Waals surface area contributed by atoms with Crippen LogP contribution in [0.3, 0.4) is 0 Å². The van der Waals surface area contributed by atoms with Crippen LogP contribution < -0.4 is 11.2 Å². The first-order valence-electron chi connectivity index (χ1n) is 8.66. The molecule has 0 amide bonds. The van der Waals surface area contributed by atoms with Gasteiger partial charge in [0.05, 0.1) is 7.05 Å². The second kappa shape index (κ2) is 12.2. The first-order chi connectivity index (χ1) is 13.1. The molecule has 0 aliphatic rings. The van der Waals surface area contributed by atoms with Crippen LogP contribution in [0.25, 0.3) is 6.08 Å². The molecule has 0 saturated heterocycles. The molecule has 10 nitrogen and oxygen atoms in total. The Morgan fingerprint density at radius 2 is 2.04 bits per heavy atom.